The largest absolute Gasteiger partial charge is 0.381 e. The maximum absolute atomic E-state index is 6.21. The Kier molecular flexibility index (Phi) is 4.94. The van der Waals surface area contributed by atoms with E-state index in [1.165, 1.54) is 35.9 Å². The van der Waals surface area contributed by atoms with Gasteiger partial charge in [0.25, 0.3) is 0 Å². The van der Waals surface area contributed by atoms with Gasteiger partial charge in [0, 0.05) is 9.61 Å². The van der Waals surface area contributed by atoms with Crippen molar-refractivity contribution in [3.63, 3.8) is 0 Å². The molecular formula is C13H18ClIN2. The third-order valence-corrected chi connectivity index (χ3v) is 4.24. The molecule has 1 saturated heterocycles. The molecule has 1 fully saturated rings. The second-order valence-corrected chi connectivity index (χ2v) is 6.35. The van der Waals surface area contributed by atoms with Crippen LogP contribution in [-0.2, 0) is 0 Å². The summed E-state index contributed by atoms with van der Waals surface area (Å²) in [7, 11) is 2.20. The van der Waals surface area contributed by atoms with E-state index in [0.717, 1.165) is 10.7 Å². The average Bonchev–Trinajstić information content (AvgIpc) is 2.49. The van der Waals surface area contributed by atoms with E-state index in [9.17, 15) is 0 Å². The van der Waals surface area contributed by atoms with Crippen LogP contribution in [0, 0.1) is 3.57 Å². The Labute approximate surface area is 122 Å². The van der Waals surface area contributed by atoms with E-state index in [4.69, 9.17) is 11.6 Å². The number of hydrogen-bond acceptors (Lipinski definition) is 2. The van der Waals surface area contributed by atoms with E-state index in [0.29, 0.717) is 6.04 Å². The Balaban J connectivity index is 2.02. The molecule has 0 bridgehead atoms. The molecule has 1 aromatic rings. The summed E-state index contributed by atoms with van der Waals surface area (Å²) in [6.45, 7) is 2.37. The monoisotopic (exact) mass is 364 g/mol. The minimum Gasteiger partial charge on any atom is -0.381 e. The summed E-state index contributed by atoms with van der Waals surface area (Å²) in [5.41, 5.74) is 1.08. The molecule has 0 spiro atoms. The van der Waals surface area contributed by atoms with Crippen LogP contribution in [0.25, 0.3) is 0 Å². The van der Waals surface area contributed by atoms with Gasteiger partial charge >= 0.3 is 0 Å². The van der Waals surface area contributed by atoms with Gasteiger partial charge in [-0.1, -0.05) is 11.6 Å². The first kappa shape index (κ1) is 13.4. The fraction of sp³-hybridized carbons (Fsp3) is 0.538. The second-order valence-electron chi connectivity index (χ2n) is 4.70. The molecule has 0 saturated carbocycles. The van der Waals surface area contributed by atoms with Crippen LogP contribution in [0.1, 0.15) is 19.3 Å². The van der Waals surface area contributed by atoms with Gasteiger partial charge in [-0.15, -0.1) is 0 Å². The molecule has 1 unspecified atom stereocenters. The molecule has 1 atom stereocenters. The van der Waals surface area contributed by atoms with Crippen molar-refractivity contribution in [2.45, 2.75) is 25.3 Å². The van der Waals surface area contributed by atoms with E-state index < -0.39 is 0 Å². The van der Waals surface area contributed by atoms with Crippen molar-refractivity contribution >= 4 is 39.9 Å². The van der Waals surface area contributed by atoms with Crippen molar-refractivity contribution in [3.05, 3.63) is 26.8 Å². The topological polar surface area (TPSA) is 15.3 Å². The summed E-state index contributed by atoms with van der Waals surface area (Å²) in [4.78, 5) is 2.40. The maximum Gasteiger partial charge on any atom is 0.0638 e. The summed E-state index contributed by atoms with van der Waals surface area (Å²) in [5, 5.41) is 4.41. The fourth-order valence-corrected chi connectivity index (χ4v) is 2.88. The number of anilines is 1. The first-order valence-electron chi connectivity index (χ1n) is 6.05. The molecule has 1 heterocycles. The van der Waals surface area contributed by atoms with Gasteiger partial charge < -0.3 is 10.2 Å². The Hall–Kier alpha value is -0.0000000000000000555. The van der Waals surface area contributed by atoms with Gasteiger partial charge in [0.2, 0.25) is 0 Å². The molecule has 1 aliphatic rings. The van der Waals surface area contributed by atoms with Crippen LogP contribution in [0.5, 0.6) is 0 Å². The molecule has 0 aliphatic carbocycles. The smallest absolute Gasteiger partial charge is 0.0638 e. The molecule has 2 nitrogen and oxygen atoms in total. The summed E-state index contributed by atoms with van der Waals surface area (Å²) < 4.78 is 1.22. The van der Waals surface area contributed by atoms with E-state index in [1.54, 1.807) is 0 Å². The predicted molar refractivity (Wildman–Crippen MR) is 82.9 cm³/mol. The molecule has 0 aromatic heterocycles. The highest BCUT2D eigenvalue weighted by Crippen LogP contribution is 2.26. The average molecular weight is 365 g/mol. The number of rotatable bonds is 2. The molecular weight excluding hydrogens is 347 g/mol. The Bertz CT molecular complexity index is 384. The second kappa shape index (κ2) is 6.25. The van der Waals surface area contributed by atoms with Crippen molar-refractivity contribution in [1.82, 2.24) is 4.90 Å². The predicted octanol–water partition coefficient (Wildman–Crippen LogP) is 3.84. The normalized spacial score (nSPS) is 22.2. The van der Waals surface area contributed by atoms with Gasteiger partial charge in [-0.3, -0.25) is 0 Å². The minimum absolute atomic E-state index is 0.552. The van der Waals surface area contributed by atoms with E-state index in [-0.39, 0.29) is 0 Å². The number of halogens is 2. The highest BCUT2D eigenvalue weighted by molar-refractivity contribution is 14.1. The number of likely N-dealkylation sites (tertiary alicyclic amines) is 1. The molecule has 0 radical (unpaired) electrons. The lowest BCUT2D eigenvalue weighted by Crippen LogP contribution is -2.23. The first-order chi connectivity index (χ1) is 8.15. The van der Waals surface area contributed by atoms with E-state index >= 15 is 0 Å². The molecule has 17 heavy (non-hydrogen) atoms. The lowest BCUT2D eigenvalue weighted by Gasteiger charge is -2.19. The first-order valence-corrected chi connectivity index (χ1v) is 7.51. The standard InChI is InChI=1S/C13H18ClIN2/c1-17-7-2-3-11(6-8-17)16-13-9-10(15)4-5-12(13)14/h4-5,9,11,16H,2-3,6-8H2,1H3. The third kappa shape index (κ3) is 4.00. The number of nitrogens with zero attached hydrogens (tertiary/aromatic N) is 1. The zero-order valence-electron chi connectivity index (χ0n) is 10.0. The lowest BCUT2D eigenvalue weighted by molar-refractivity contribution is 0.348. The summed E-state index contributed by atoms with van der Waals surface area (Å²) in [6, 6.07) is 6.68. The fourth-order valence-electron chi connectivity index (χ4n) is 2.21. The van der Waals surface area contributed by atoms with Gasteiger partial charge in [-0.05, 0) is 80.2 Å². The van der Waals surface area contributed by atoms with Gasteiger partial charge in [-0.25, -0.2) is 0 Å². The molecule has 1 N–H and O–H groups in total. The van der Waals surface area contributed by atoms with Crippen molar-refractivity contribution in [1.29, 1.82) is 0 Å². The number of hydrogen-bond donors (Lipinski definition) is 1. The van der Waals surface area contributed by atoms with Crippen molar-refractivity contribution in [3.8, 4) is 0 Å². The van der Waals surface area contributed by atoms with Crippen LogP contribution < -0.4 is 5.32 Å². The highest BCUT2D eigenvalue weighted by Gasteiger charge is 2.15. The molecule has 94 valence electrons. The van der Waals surface area contributed by atoms with Crippen LogP contribution in [0.2, 0.25) is 5.02 Å². The lowest BCUT2D eigenvalue weighted by atomic mass is 10.1. The maximum atomic E-state index is 6.21. The molecule has 0 amide bonds. The summed E-state index contributed by atoms with van der Waals surface area (Å²) >= 11 is 8.53. The van der Waals surface area contributed by atoms with Crippen LogP contribution in [0.3, 0.4) is 0 Å². The minimum atomic E-state index is 0.552. The zero-order valence-corrected chi connectivity index (χ0v) is 13.0. The quantitative estimate of drug-likeness (QED) is 0.802. The van der Waals surface area contributed by atoms with Gasteiger partial charge in [0.1, 0.15) is 0 Å². The Morgan fingerprint density at radius 2 is 2.18 bits per heavy atom. The van der Waals surface area contributed by atoms with Crippen LogP contribution in [-0.4, -0.2) is 31.1 Å². The van der Waals surface area contributed by atoms with Gasteiger partial charge in [-0.2, -0.15) is 0 Å². The number of nitrogens with one attached hydrogen (secondary N) is 1. The Morgan fingerprint density at radius 3 is 3.00 bits per heavy atom. The zero-order chi connectivity index (χ0) is 12.3. The third-order valence-electron chi connectivity index (χ3n) is 3.24. The molecule has 1 aromatic carbocycles. The van der Waals surface area contributed by atoms with Crippen molar-refractivity contribution < 1.29 is 0 Å². The van der Waals surface area contributed by atoms with Crippen LogP contribution >= 0.6 is 34.2 Å². The van der Waals surface area contributed by atoms with E-state index in [1.807, 2.05) is 12.1 Å². The Morgan fingerprint density at radius 1 is 1.35 bits per heavy atom. The molecule has 4 heteroatoms. The summed E-state index contributed by atoms with van der Waals surface area (Å²) in [5.74, 6) is 0. The van der Waals surface area contributed by atoms with Crippen LogP contribution in [0.15, 0.2) is 18.2 Å². The van der Waals surface area contributed by atoms with Gasteiger partial charge in [0.05, 0.1) is 10.7 Å². The van der Waals surface area contributed by atoms with Crippen LogP contribution in [0.4, 0.5) is 5.69 Å². The van der Waals surface area contributed by atoms with E-state index in [2.05, 4.69) is 45.9 Å². The van der Waals surface area contributed by atoms with Crippen molar-refractivity contribution in [2.75, 3.05) is 25.5 Å². The SMILES string of the molecule is CN1CCCC(Nc2cc(I)ccc2Cl)CC1. The molecule has 1 aliphatic heterocycles. The molecule has 2 rings (SSSR count). The van der Waals surface area contributed by atoms with Crippen molar-refractivity contribution in [2.24, 2.45) is 0 Å². The highest BCUT2D eigenvalue weighted by atomic mass is 127. The summed E-state index contributed by atoms with van der Waals surface area (Å²) in [6.07, 6.45) is 3.68. The van der Waals surface area contributed by atoms with Gasteiger partial charge in [0.15, 0.2) is 0 Å². The number of benzene rings is 1.